The maximum absolute atomic E-state index is 12.2. The van der Waals surface area contributed by atoms with Crippen molar-refractivity contribution in [2.75, 3.05) is 0 Å². The highest BCUT2D eigenvalue weighted by Crippen LogP contribution is 2.21. The van der Waals surface area contributed by atoms with E-state index in [4.69, 9.17) is 5.73 Å². The van der Waals surface area contributed by atoms with Crippen LogP contribution in [0.2, 0.25) is 0 Å². The highest BCUT2D eigenvalue weighted by Gasteiger charge is 2.16. The first kappa shape index (κ1) is 13.1. The van der Waals surface area contributed by atoms with Gasteiger partial charge in [0.1, 0.15) is 0 Å². The van der Waals surface area contributed by atoms with Crippen LogP contribution in [-0.4, -0.2) is 4.57 Å². The largest absolute Gasteiger partial charge is 0.326 e. The molecule has 1 aromatic carbocycles. The van der Waals surface area contributed by atoms with Gasteiger partial charge in [0.2, 0.25) is 0 Å². The number of nitrogens with zero attached hydrogens (tertiary/aromatic N) is 1. The number of rotatable bonds is 3. The van der Waals surface area contributed by atoms with E-state index in [1.807, 2.05) is 10.6 Å². The number of benzene rings is 1. The SMILES string of the molecule is Cc1cc(CN)ccc1Cn1c2c(ccc1=O)CCC2. The minimum Gasteiger partial charge on any atom is -0.326 e. The zero-order valence-electron chi connectivity index (χ0n) is 11.9. The van der Waals surface area contributed by atoms with Crippen LogP contribution in [0.5, 0.6) is 0 Å². The van der Waals surface area contributed by atoms with Crippen molar-refractivity contribution in [3.05, 3.63) is 68.6 Å². The number of aryl methyl sites for hydroxylation is 2. The van der Waals surface area contributed by atoms with Gasteiger partial charge in [0.05, 0.1) is 6.54 Å². The molecular weight excluding hydrogens is 248 g/mol. The monoisotopic (exact) mass is 268 g/mol. The Hall–Kier alpha value is -1.87. The summed E-state index contributed by atoms with van der Waals surface area (Å²) in [5, 5.41) is 0. The number of fused-ring (bicyclic) bond motifs is 1. The van der Waals surface area contributed by atoms with Crippen molar-refractivity contribution in [2.45, 2.75) is 39.3 Å². The summed E-state index contributed by atoms with van der Waals surface area (Å²) < 4.78 is 1.94. The van der Waals surface area contributed by atoms with Gasteiger partial charge in [-0.2, -0.15) is 0 Å². The van der Waals surface area contributed by atoms with E-state index in [2.05, 4.69) is 25.1 Å². The maximum Gasteiger partial charge on any atom is 0.251 e. The molecule has 0 atom stereocenters. The fourth-order valence-corrected chi connectivity index (χ4v) is 3.04. The molecule has 0 spiro atoms. The van der Waals surface area contributed by atoms with Crippen molar-refractivity contribution < 1.29 is 0 Å². The van der Waals surface area contributed by atoms with Crippen molar-refractivity contribution in [2.24, 2.45) is 5.73 Å². The predicted molar refractivity (Wildman–Crippen MR) is 80.9 cm³/mol. The highest BCUT2D eigenvalue weighted by molar-refractivity contribution is 5.33. The van der Waals surface area contributed by atoms with E-state index >= 15 is 0 Å². The van der Waals surface area contributed by atoms with Gasteiger partial charge in [-0.15, -0.1) is 0 Å². The Labute approximate surface area is 119 Å². The van der Waals surface area contributed by atoms with E-state index < -0.39 is 0 Å². The van der Waals surface area contributed by atoms with Gasteiger partial charge in [-0.3, -0.25) is 4.79 Å². The van der Waals surface area contributed by atoms with E-state index in [-0.39, 0.29) is 5.56 Å². The summed E-state index contributed by atoms with van der Waals surface area (Å²) in [6.45, 7) is 3.31. The van der Waals surface area contributed by atoms with Gasteiger partial charge in [-0.05, 0) is 48.4 Å². The number of pyridine rings is 1. The van der Waals surface area contributed by atoms with Crippen LogP contribution in [0.3, 0.4) is 0 Å². The van der Waals surface area contributed by atoms with E-state index in [0.717, 1.165) is 24.8 Å². The average Bonchev–Trinajstić information content (AvgIpc) is 2.92. The zero-order valence-corrected chi connectivity index (χ0v) is 11.9. The Morgan fingerprint density at radius 1 is 1.20 bits per heavy atom. The smallest absolute Gasteiger partial charge is 0.251 e. The molecule has 0 saturated heterocycles. The third-order valence-corrected chi connectivity index (χ3v) is 4.22. The van der Waals surface area contributed by atoms with Gasteiger partial charge in [0.25, 0.3) is 5.56 Å². The van der Waals surface area contributed by atoms with E-state index in [1.54, 1.807) is 6.07 Å². The van der Waals surface area contributed by atoms with Crippen molar-refractivity contribution in [1.29, 1.82) is 0 Å². The quantitative estimate of drug-likeness (QED) is 0.927. The first-order valence-electron chi connectivity index (χ1n) is 7.19. The first-order chi connectivity index (χ1) is 9.69. The lowest BCUT2D eigenvalue weighted by molar-refractivity contribution is 0.704. The van der Waals surface area contributed by atoms with Crippen molar-refractivity contribution in [3.63, 3.8) is 0 Å². The molecule has 0 unspecified atom stereocenters. The second kappa shape index (κ2) is 5.25. The van der Waals surface area contributed by atoms with E-state index in [0.29, 0.717) is 13.1 Å². The molecule has 0 radical (unpaired) electrons. The lowest BCUT2D eigenvalue weighted by Crippen LogP contribution is -2.23. The molecule has 3 heteroatoms. The van der Waals surface area contributed by atoms with Gasteiger partial charge in [0.15, 0.2) is 0 Å². The van der Waals surface area contributed by atoms with E-state index in [9.17, 15) is 4.79 Å². The minimum atomic E-state index is 0.105. The average molecular weight is 268 g/mol. The molecular formula is C17H20N2O. The standard InChI is InChI=1S/C17H20N2O/c1-12-9-13(10-18)5-6-15(12)11-19-16-4-2-3-14(16)7-8-17(19)20/h5-9H,2-4,10-11,18H2,1H3. The molecule has 20 heavy (non-hydrogen) atoms. The number of hydrogen-bond acceptors (Lipinski definition) is 2. The Morgan fingerprint density at radius 2 is 2.05 bits per heavy atom. The van der Waals surface area contributed by atoms with Crippen molar-refractivity contribution in [1.82, 2.24) is 4.57 Å². The normalized spacial score (nSPS) is 13.5. The lowest BCUT2D eigenvalue weighted by atomic mass is 10.0. The summed E-state index contributed by atoms with van der Waals surface area (Å²) in [6, 6.07) is 9.96. The Morgan fingerprint density at radius 3 is 2.80 bits per heavy atom. The van der Waals surface area contributed by atoms with Crippen LogP contribution in [0.15, 0.2) is 35.1 Å². The molecule has 1 aromatic heterocycles. The van der Waals surface area contributed by atoms with Crippen LogP contribution in [0.1, 0.15) is 34.4 Å². The molecule has 3 nitrogen and oxygen atoms in total. The minimum absolute atomic E-state index is 0.105. The van der Waals surface area contributed by atoms with Gasteiger partial charge in [-0.1, -0.05) is 24.3 Å². The van der Waals surface area contributed by atoms with Crippen LogP contribution in [0.25, 0.3) is 0 Å². The molecule has 0 aliphatic heterocycles. The van der Waals surface area contributed by atoms with Gasteiger partial charge in [-0.25, -0.2) is 0 Å². The summed E-state index contributed by atoms with van der Waals surface area (Å²) in [5.74, 6) is 0. The number of aromatic nitrogens is 1. The molecule has 0 bridgehead atoms. The Kier molecular flexibility index (Phi) is 3.45. The summed E-state index contributed by atoms with van der Waals surface area (Å²) in [5.41, 5.74) is 11.9. The fourth-order valence-electron chi connectivity index (χ4n) is 3.04. The van der Waals surface area contributed by atoms with Crippen LogP contribution in [0.4, 0.5) is 0 Å². The van der Waals surface area contributed by atoms with Crippen LogP contribution >= 0.6 is 0 Å². The van der Waals surface area contributed by atoms with Gasteiger partial charge >= 0.3 is 0 Å². The third kappa shape index (κ3) is 2.29. The molecule has 0 amide bonds. The maximum atomic E-state index is 12.2. The summed E-state index contributed by atoms with van der Waals surface area (Å²) >= 11 is 0. The first-order valence-corrected chi connectivity index (χ1v) is 7.19. The highest BCUT2D eigenvalue weighted by atomic mass is 16.1. The van der Waals surface area contributed by atoms with E-state index in [1.165, 1.54) is 22.4 Å². The predicted octanol–water partition coefficient (Wildman–Crippen LogP) is 2.15. The molecule has 1 heterocycles. The van der Waals surface area contributed by atoms with Crippen LogP contribution in [-0.2, 0) is 25.9 Å². The fraction of sp³-hybridized carbons (Fsp3) is 0.353. The van der Waals surface area contributed by atoms with Crippen LogP contribution in [0, 0.1) is 6.92 Å². The van der Waals surface area contributed by atoms with Gasteiger partial charge < -0.3 is 10.3 Å². The summed E-state index contributed by atoms with van der Waals surface area (Å²) in [4.78, 5) is 12.2. The Bertz CT molecular complexity index is 701. The third-order valence-electron chi connectivity index (χ3n) is 4.22. The second-order valence-electron chi connectivity index (χ2n) is 5.55. The van der Waals surface area contributed by atoms with Crippen molar-refractivity contribution in [3.8, 4) is 0 Å². The van der Waals surface area contributed by atoms with Gasteiger partial charge in [0, 0.05) is 18.3 Å². The molecule has 0 fully saturated rings. The Balaban J connectivity index is 2.00. The zero-order chi connectivity index (χ0) is 14.1. The molecule has 104 valence electrons. The molecule has 2 aromatic rings. The molecule has 1 aliphatic carbocycles. The molecule has 3 rings (SSSR count). The number of hydrogen-bond donors (Lipinski definition) is 1. The molecule has 2 N–H and O–H groups in total. The topological polar surface area (TPSA) is 48.0 Å². The lowest BCUT2D eigenvalue weighted by Gasteiger charge is -2.14. The summed E-state index contributed by atoms with van der Waals surface area (Å²) in [7, 11) is 0. The number of nitrogens with two attached hydrogens (primary N) is 1. The van der Waals surface area contributed by atoms with Crippen LogP contribution < -0.4 is 11.3 Å². The summed E-state index contributed by atoms with van der Waals surface area (Å²) in [6.07, 6.45) is 3.27. The van der Waals surface area contributed by atoms with Crippen molar-refractivity contribution >= 4 is 0 Å². The molecule has 1 aliphatic rings. The second-order valence-corrected chi connectivity index (χ2v) is 5.55. The molecule has 0 saturated carbocycles.